The molecule has 2 saturated heterocycles. The van der Waals surface area contributed by atoms with Crippen LogP contribution in [0.25, 0.3) is 0 Å². The predicted octanol–water partition coefficient (Wildman–Crippen LogP) is 2.21. The minimum absolute atomic E-state index is 0.218. The first-order valence-corrected chi connectivity index (χ1v) is 7.68. The second-order valence-corrected chi connectivity index (χ2v) is 6.27. The summed E-state index contributed by atoms with van der Waals surface area (Å²) in [4.78, 5) is 6.62. The minimum atomic E-state index is -0.237. The van der Waals surface area contributed by atoms with Crippen molar-refractivity contribution in [2.45, 2.75) is 31.4 Å². The van der Waals surface area contributed by atoms with Crippen LogP contribution in [-0.4, -0.2) is 42.0 Å². The van der Waals surface area contributed by atoms with Crippen LogP contribution in [0.5, 0.6) is 0 Å². The molecule has 3 rings (SSSR count). The Labute approximate surface area is 121 Å². The summed E-state index contributed by atoms with van der Waals surface area (Å²) < 4.78 is 6.56. The Morgan fingerprint density at radius 3 is 3.05 bits per heavy atom. The summed E-state index contributed by atoms with van der Waals surface area (Å²) in [6, 6.07) is 2.47. The van der Waals surface area contributed by atoms with Gasteiger partial charge in [-0.2, -0.15) is 0 Å². The molecule has 4 nitrogen and oxygen atoms in total. The van der Waals surface area contributed by atoms with Crippen molar-refractivity contribution in [1.82, 2.24) is 4.98 Å². The summed E-state index contributed by atoms with van der Waals surface area (Å²) >= 11 is 3.47. The fraction of sp³-hybridized carbons (Fsp3) is 0.643. The lowest BCUT2D eigenvalue weighted by molar-refractivity contribution is -0.0437. The van der Waals surface area contributed by atoms with Gasteiger partial charge in [-0.15, -0.1) is 0 Å². The number of aromatic nitrogens is 1. The van der Waals surface area contributed by atoms with Crippen LogP contribution in [0.15, 0.2) is 22.9 Å². The summed E-state index contributed by atoms with van der Waals surface area (Å²) in [6.45, 7) is 2.39. The van der Waals surface area contributed by atoms with Gasteiger partial charge >= 0.3 is 0 Å². The number of aliphatic hydroxyl groups excluding tert-OH is 1. The van der Waals surface area contributed by atoms with E-state index in [1.54, 1.807) is 6.20 Å². The Morgan fingerprint density at radius 2 is 2.26 bits per heavy atom. The number of hydrogen-bond acceptors (Lipinski definition) is 4. The number of ether oxygens (including phenoxy) is 1. The molecule has 0 aliphatic carbocycles. The molecule has 0 bridgehead atoms. The number of rotatable bonds is 2. The zero-order valence-electron chi connectivity index (χ0n) is 10.8. The number of aliphatic hydroxyl groups is 1. The smallest absolute Gasteiger partial charge is 0.0632 e. The molecule has 2 fully saturated rings. The predicted molar refractivity (Wildman–Crippen MR) is 77.2 cm³/mol. The van der Waals surface area contributed by atoms with Crippen molar-refractivity contribution in [1.29, 1.82) is 0 Å². The van der Waals surface area contributed by atoms with Crippen LogP contribution < -0.4 is 4.90 Å². The van der Waals surface area contributed by atoms with Gasteiger partial charge in [0.2, 0.25) is 0 Å². The van der Waals surface area contributed by atoms with E-state index in [1.165, 1.54) is 6.42 Å². The number of hydrogen-bond donors (Lipinski definition) is 1. The summed E-state index contributed by atoms with van der Waals surface area (Å²) in [5.74, 6) is 0.218. The topological polar surface area (TPSA) is 45.6 Å². The monoisotopic (exact) mass is 326 g/mol. The average molecular weight is 327 g/mol. The highest BCUT2D eigenvalue weighted by atomic mass is 79.9. The molecule has 104 valence electrons. The van der Waals surface area contributed by atoms with Crippen molar-refractivity contribution in [3.05, 3.63) is 22.9 Å². The first-order valence-electron chi connectivity index (χ1n) is 6.89. The maximum Gasteiger partial charge on any atom is 0.0632 e. The zero-order chi connectivity index (χ0) is 13.2. The molecule has 3 heterocycles. The fourth-order valence-corrected chi connectivity index (χ4v) is 3.58. The quantitative estimate of drug-likeness (QED) is 0.905. The van der Waals surface area contributed by atoms with Crippen molar-refractivity contribution in [2.24, 2.45) is 5.92 Å². The van der Waals surface area contributed by atoms with Crippen molar-refractivity contribution in [3.63, 3.8) is 0 Å². The molecular formula is C14H19BrN2O2. The van der Waals surface area contributed by atoms with Crippen molar-refractivity contribution in [3.8, 4) is 0 Å². The number of nitrogens with zero attached hydrogens (tertiary/aromatic N) is 2. The van der Waals surface area contributed by atoms with E-state index in [0.29, 0.717) is 19.3 Å². The van der Waals surface area contributed by atoms with Crippen LogP contribution in [0, 0.1) is 5.92 Å². The van der Waals surface area contributed by atoms with Crippen molar-refractivity contribution in [2.75, 3.05) is 24.7 Å². The Kier molecular flexibility index (Phi) is 4.05. The van der Waals surface area contributed by atoms with Gasteiger partial charge in [-0.25, -0.2) is 0 Å². The van der Waals surface area contributed by atoms with Crippen LogP contribution in [-0.2, 0) is 4.74 Å². The highest BCUT2D eigenvalue weighted by molar-refractivity contribution is 9.10. The third-order valence-electron chi connectivity index (χ3n) is 4.18. The third kappa shape index (κ3) is 2.78. The first-order chi connectivity index (χ1) is 9.25. The van der Waals surface area contributed by atoms with Gasteiger partial charge in [0.1, 0.15) is 0 Å². The summed E-state index contributed by atoms with van der Waals surface area (Å²) in [7, 11) is 0. The lowest BCUT2D eigenvalue weighted by Gasteiger charge is -2.37. The molecule has 1 aromatic heterocycles. The van der Waals surface area contributed by atoms with E-state index < -0.39 is 0 Å². The average Bonchev–Trinajstić information content (AvgIpc) is 2.88. The molecule has 3 atom stereocenters. The van der Waals surface area contributed by atoms with Crippen LogP contribution in [0.1, 0.15) is 19.3 Å². The molecule has 0 spiro atoms. The van der Waals surface area contributed by atoms with Gasteiger partial charge < -0.3 is 14.7 Å². The highest BCUT2D eigenvalue weighted by Gasteiger charge is 2.37. The minimum Gasteiger partial charge on any atom is -0.393 e. The second kappa shape index (κ2) is 5.77. The molecule has 0 amide bonds. The van der Waals surface area contributed by atoms with Gasteiger partial charge in [-0.3, -0.25) is 4.98 Å². The van der Waals surface area contributed by atoms with Gasteiger partial charge in [0.05, 0.1) is 24.6 Å². The third-order valence-corrected chi connectivity index (χ3v) is 4.61. The molecule has 19 heavy (non-hydrogen) atoms. The van der Waals surface area contributed by atoms with E-state index in [9.17, 15) is 5.11 Å². The maximum absolute atomic E-state index is 10.2. The maximum atomic E-state index is 10.2. The Balaban J connectivity index is 1.81. The van der Waals surface area contributed by atoms with E-state index in [2.05, 4.69) is 31.9 Å². The second-order valence-electron chi connectivity index (χ2n) is 5.36. The fourth-order valence-electron chi connectivity index (χ4n) is 3.23. The Morgan fingerprint density at radius 1 is 1.37 bits per heavy atom. The van der Waals surface area contributed by atoms with Crippen LogP contribution in [0.3, 0.4) is 0 Å². The normalized spacial score (nSPS) is 31.7. The van der Waals surface area contributed by atoms with Gasteiger partial charge in [-0.05, 0) is 41.3 Å². The van der Waals surface area contributed by atoms with Crippen LogP contribution >= 0.6 is 15.9 Å². The SMILES string of the molecule is O[C@@H]1CCOC[C@@H]1[C@@H]1CCCN1c1cncc(Br)c1. The van der Waals surface area contributed by atoms with Crippen molar-refractivity contribution >= 4 is 21.6 Å². The molecule has 2 aliphatic rings. The molecule has 1 N–H and O–H groups in total. The number of anilines is 1. The molecule has 0 aromatic carbocycles. The van der Waals surface area contributed by atoms with E-state index in [0.717, 1.165) is 29.5 Å². The standard InChI is InChI=1S/C14H19BrN2O2/c15-10-6-11(8-16-7-10)17-4-1-2-13(17)12-9-19-5-3-14(12)18/h6-8,12-14,18H,1-5,9H2/t12-,13+,14-/m1/s1. The van der Waals surface area contributed by atoms with Crippen LogP contribution in [0.2, 0.25) is 0 Å². The Hall–Kier alpha value is -0.650. The molecular weight excluding hydrogens is 308 g/mol. The Bertz CT molecular complexity index is 443. The molecule has 1 aromatic rings. The molecule has 5 heteroatoms. The van der Waals surface area contributed by atoms with E-state index in [1.807, 2.05) is 6.20 Å². The first kappa shape index (κ1) is 13.3. The zero-order valence-corrected chi connectivity index (χ0v) is 12.4. The number of pyridine rings is 1. The van der Waals surface area contributed by atoms with Crippen molar-refractivity contribution < 1.29 is 9.84 Å². The molecule has 2 aliphatic heterocycles. The lowest BCUT2D eigenvalue weighted by atomic mass is 9.89. The summed E-state index contributed by atoms with van der Waals surface area (Å²) in [6.07, 6.45) is 6.51. The van der Waals surface area contributed by atoms with Gasteiger partial charge in [0.25, 0.3) is 0 Å². The molecule has 0 unspecified atom stereocenters. The van der Waals surface area contributed by atoms with E-state index in [-0.39, 0.29) is 12.0 Å². The largest absolute Gasteiger partial charge is 0.393 e. The summed E-state index contributed by atoms with van der Waals surface area (Å²) in [5, 5.41) is 10.2. The molecule has 0 radical (unpaired) electrons. The van der Waals surface area contributed by atoms with E-state index in [4.69, 9.17) is 4.74 Å². The lowest BCUT2D eigenvalue weighted by Crippen LogP contribution is -2.46. The highest BCUT2D eigenvalue weighted by Crippen LogP contribution is 2.33. The van der Waals surface area contributed by atoms with Gasteiger partial charge in [0, 0.05) is 35.8 Å². The molecule has 0 saturated carbocycles. The van der Waals surface area contributed by atoms with Crippen LogP contribution in [0.4, 0.5) is 5.69 Å². The number of halogens is 1. The van der Waals surface area contributed by atoms with Gasteiger partial charge in [-0.1, -0.05) is 0 Å². The summed E-state index contributed by atoms with van der Waals surface area (Å²) in [5.41, 5.74) is 1.13. The van der Waals surface area contributed by atoms with Gasteiger partial charge in [0.15, 0.2) is 0 Å². The van der Waals surface area contributed by atoms with E-state index >= 15 is 0 Å².